The van der Waals surface area contributed by atoms with Gasteiger partial charge in [0.05, 0.1) is 7.11 Å². The molecule has 0 aliphatic rings. The summed E-state index contributed by atoms with van der Waals surface area (Å²) in [6, 6.07) is 6.37. The number of ether oxygens (including phenoxy) is 1. The van der Waals surface area contributed by atoms with Gasteiger partial charge in [0.2, 0.25) is 0 Å². The molecule has 0 aliphatic heterocycles. The van der Waals surface area contributed by atoms with E-state index in [1.807, 2.05) is 18.5 Å². The predicted octanol–water partition coefficient (Wildman–Crippen LogP) is 3.53. The minimum atomic E-state index is 0.926. The van der Waals surface area contributed by atoms with E-state index in [9.17, 15) is 0 Å². The third-order valence-electron chi connectivity index (χ3n) is 3.49. The van der Waals surface area contributed by atoms with Crippen LogP contribution in [0.1, 0.15) is 35.9 Å². The predicted molar refractivity (Wildman–Crippen MR) is 81.2 cm³/mol. The summed E-state index contributed by atoms with van der Waals surface area (Å²) in [5.41, 5.74) is 3.72. The molecule has 0 bridgehead atoms. The molecule has 3 nitrogen and oxygen atoms in total. The van der Waals surface area contributed by atoms with Crippen molar-refractivity contribution >= 4 is 0 Å². The van der Waals surface area contributed by atoms with Crippen LogP contribution in [0.25, 0.3) is 0 Å². The average Bonchev–Trinajstić information content (AvgIpc) is 2.48. The van der Waals surface area contributed by atoms with Crippen molar-refractivity contribution in [3.63, 3.8) is 0 Å². The van der Waals surface area contributed by atoms with Crippen LogP contribution in [0, 0.1) is 6.92 Å². The zero-order valence-electron chi connectivity index (χ0n) is 12.5. The van der Waals surface area contributed by atoms with E-state index >= 15 is 0 Å². The molecular formula is C17H22N2O. The third kappa shape index (κ3) is 3.80. The van der Waals surface area contributed by atoms with Gasteiger partial charge in [-0.05, 0) is 48.9 Å². The normalized spacial score (nSPS) is 10.6. The summed E-state index contributed by atoms with van der Waals surface area (Å²) in [6.45, 7) is 4.19. The second kappa shape index (κ2) is 7.04. The highest BCUT2D eigenvalue weighted by atomic mass is 16.5. The van der Waals surface area contributed by atoms with Gasteiger partial charge in [0.1, 0.15) is 11.6 Å². The van der Waals surface area contributed by atoms with Crippen LogP contribution in [0.5, 0.6) is 5.75 Å². The van der Waals surface area contributed by atoms with Gasteiger partial charge in [-0.25, -0.2) is 9.97 Å². The molecule has 0 aliphatic carbocycles. The maximum Gasteiger partial charge on any atom is 0.128 e. The lowest BCUT2D eigenvalue weighted by Gasteiger charge is -2.07. The Morgan fingerprint density at radius 1 is 1.05 bits per heavy atom. The van der Waals surface area contributed by atoms with Gasteiger partial charge in [0, 0.05) is 18.8 Å². The van der Waals surface area contributed by atoms with Crippen LogP contribution in [0.2, 0.25) is 0 Å². The quantitative estimate of drug-likeness (QED) is 0.805. The first kappa shape index (κ1) is 14.5. The third-order valence-corrected chi connectivity index (χ3v) is 3.49. The fourth-order valence-corrected chi connectivity index (χ4v) is 2.24. The van der Waals surface area contributed by atoms with Gasteiger partial charge < -0.3 is 4.74 Å². The molecule has 0 atom stereocenters. The molecule has 1 aromatic heterocycles. The summed E-state index contributed by atoms with van der Waals surface area (Å²) >= 11 is 0. The maximum absolute atomic E-state index is 5.28. The second-order valence-corrected chi connectivity index (χ2v) is 5.02. The van der Waals surface area contributed by atoms with E-state index in [1.54, 1.807) is 7.11 Å². The lowest BCUT2D eigenvalue weighted by atomic mass is 10.0. The minimum absolute atomic E-state index is 0.926. The Morgan fingerprint density at radius 2 is 1.80 bits per heavy atom. The van der Waals surface area contributed by atoms with Crippen molar-refractivity contribution in [1.29, 1.82) is 0 Å². The number of benzene rings is 1. The maximum atomic E-state index is 5.28. The zero-order chi connectivity index (χ0) is 14.4. The van der Waals surface area contributed by atoms with Crippen molar-refractivity contribution in [1.82, 2.24) is 9.97 Å². The molecule has 0 spiro atoms. The molecule has 1 heterocycles. The van der Waals surface area contributed by atoms with E-state index in [2.05, 4.69) is 35.9 Å². The number of methoxy groups -OCH3 is 1. The van der Waals surface area contributed by atoms with Crippen molar-refractivity contribution in [2.24, 2.45) is 0 Å². The molecule has 0 N–H and O–H groups in total. The second-order valence-electron chi connectivity index (χ2n) is 5.02. The Balaban J connectivity index is 1.87. The van der Waals surface area contributed by atoms with Gasteiger partial charge in [-0.2, -0.15) is 0 Å². The number of hydrogen-bond donors (Lipinski definition) is 0. The van der Waals surface area contributed by atoms with E-state index in [4.69, 9.17) is 4.74 Å². The summed E-state index contributed by atoms with van der Waals surface area (Å²) in [6.07, 6.45) is 7.89. The van der Waals surface area contributed by atoms with Gasteiger partial charge >= 0.3 is 0 Å². The average molecular weight is 270 g/mol. The summed E-state index contributed by atoms with van der Waals surface area (Å²) in [4.78, 5) is 8.79. The Kier molecular flexibility index (Phi) is 5.10. The Bertz CT molecular complexity index is 549. The molecule has 20 heavy (non-hydrogen) atoms. The van der Waals surface area contributed by atoms with E-state index < -0.39 is 0 Å². The first-order chi connectivity index (χ1) is 9.72. The molecule has 0 fully saturated rings. The SMILES string of the molecule is CCc1cnc(CCCc2ccc(OC)c(C)c2)nc1. The zero-order valence-corrected chi connectivity index (χ0v) is 12.5. The molecule has 106 valence electrons. The van der Waals surface area contributed by atoms with Crippen molar-refractivity contribution in [3.8, 4) is 5.75 Å². The summed E-state index contributed by atoms with van der Waals surface area (Å²) < 4.78 is 5.28. The van der Waals surface area contributed by atoms with Crippen LogP contribution in [0.15, 0.2) is 30.6 Å². The first-order valence-corrected chi connectivity index (χ1v) is 7.16. The molecule has 0 unspecified atom stereocenters. The smallest absolute Gasteiger partial charge is 0.128 e. The molecular weight excluding hydrogens is 248 g/mol. The number of aromatic nitrogens is 2. The highest BCUT2D eigenvalue weighted by Crippen LogP contribution is 2.19. The van der Waals surface area contributed by atoms with Gasteiger partial charge in [-0.3, -0.25) is 0 Å². The lowest BCUT2D eigenvalue weighted by Crippen LogP contribution is -1.98. The fraction of sp³-hybridized carbons (Fsp3) is 0.412. The van der Waals surface area contributed by atoms with Crippen LogP contribution in [-0.4, -0.2) is 17.1 Å². The Morgan fingerprint density at radius 3 is 2.40 bits per heavy atom. The molecule has 2 aromatic rings. The Labute approximate surface area is 121 Å². The molecule has 0 radical (unpaired) electrons. The molecule has 0 saturated heterocycles. The summed E-state index contributed by atoms with van der Waals surface area (Å²) in [5, 5.41) is 0. The van der Waals surface area contributed by atoms with E-state index in [0.29, 0.717) is 0 Å². The summed E-state index contributed by atoms with van der Waals surface area (Å²) in [7, 11) is 1.71. The largest absolute Gasteiger partial charge is 0.496 e. The van der Waals surface area contributed by atoms with Crippen LogP contribution in [0.3, 0.4) is 0 Å². The van der Waals surface area contributed by atoms with Crippen LogP contribution in [0.4, 0.5) is 0 Å². The molecule has 0 amide bonds. The number of hydrogen-bond acceptors (Lipinski definition) is 3. The number of rotatable bonds is 6. The highest BCUT2D eigenvalue weighted by molar-refractivity contribution is 5.36. The first-order valence-electron chi connectivity index (χ1n) is 7.16. The van der Waals surface area contributed by atoms with Crippen LogP contribution in [-0.2, 0) is 19.3 Å². The highest BCUT2D eigenvalue weighted by Gasteiger charge is 2.02. The van der Waals surface area contributed by atoms with Crippen molar-refractivity contribution in [3.05, 3.63) is 53.1 Å². The van der Waals surface area contributed by atoms with E-state index in [0.717, 1.165) is 37.3 Å². The van der Waals surface area contributed by atoms with Crippen molar-refractivity contribution in [2.45, 2.75) is 39.5 Å². The molecule has 0 saturated carbocycles. The van der Waals surface area contributed by atoms with Gasteiger partial charge in [0.25, 0.3) is 0 Å². The van der Waals surface area contributed by atoms with Gasteiger partial charge in [-0.15, -0.1) is 0 Å². The van der Waals surface area contributed by atoms with Crippen LogP contribution >= 0.6 is 0 Å². The molecule has 3 heteroatoms. The summed E-state index contributed by atoms with van der Waals surface area (Å²) in [5.74, 6) is 1.89. The standard InChI is InChI=1S/C17H22N2O/c1-4-14-11-18-17(19-12-14)7-5-6-15-8-9-16(20-3)13(2)10-15/h8-12H,4-7H2,1-3H3. The molecule has 2 rings (SSSR count). The monoisotopic (exact) mass is 270 g/mol. The topological polar surface area (TPSA) is 35.0 Å². The van der Waals surface area contributed by atoms with Gasteiger partial charge in [0.15, 0.2) is 0 Å². The van der Waals surface area contributed by atoms with Crippen LogP contribution < -0.4 is 4.74 Å². The van der Waals surface area contributed by atoms with E-state index in [-0.39, 0.29) is 0 Å². The lowest BCUT2D eigenvalue weighted by molar-refractivity contribution is 0.411. The van der Waals surface area contributed by atoms with Crippen molar-refractivity contribution in [2.75, 3.05) is 7.11 Å². The Hall–Kier alpha value is -1.90. The fourth-order valence-electron chi connectivity index (χ4n) is 2.24. The number of nitrogens with zero attached hydrogens (tertiary/aromatic N) is 2. The number of aryl methyl sites for hydroxylation is 4. The van der Waals surface area contributed by atoms with Crippen molar-refractivity contribution < 1.29 is 4.74 Å². The van der Waals surface area contributed by atoms with Gasteiger partial charge in [-0.1, -0.05) is 19.1 Å². The minimum Gasteiger partial charge on any atom is -0.496 e. The molecule has 1 aromatic carbocycles. The van der Waals surface area contributed by atoms with E-state index in [1.165, 1.54) is 16.7 Å².